The molecular formula is C13H16N4. The molecule has 1 heterocycles. The van der Waals surface area contributed by atoms with E-state index in [0.717, 1.165) is 17.8 Å². The number of hydrogen-bond donors (Lipinski definition) is 2. The Labute approximate surface area is 101 Å². The first-order chi connectivity index (χ1) is 8.19. The Kier molecular flexibility index (Phi) is 3.23. The predicted molar refractivity (Wildman–Crippen MR) is 70.3 cm³/mol. The number of nitrogens with one attached hydrogen (secondary N) is 1. The van der Waals surface area contributed by atoms with Crippen LogP contribution >= 0.6 is 0 Å². The van der Waals surface area contributed by atoms with Gasteiger partial charge in [-0.1, -0.05) is 25.1 Å². The molecule has 2 aromatic rings. The Morgan fingerprint density at radius 2 is 2.00 bits per heavy atom. The number of aryl methyl sites for hydroxylation is 2. The lowest BCUT2D eigenvalue weighted by Crippen LogP contribution is -2.03. The molecule has 4 heteroatoms. The summed E-state index contributed by atoms with van der Waals surface area (Å²) >= 11 is 0. The third kappa shape index (κ3) is 2.72. The summed E-state index contributed by atoms with van der Waals surface area (Å²) in [5.74, 6) is 1.03. The van der Waals surface area contributed by atoms with Crippen molar-refractivity contribution in [2.24, 2.45) is 0 Å². The Balaban J connectivity index is 2.31. The van der Waals surface area contributed by atoms with Crippen molar-refractivity contribution in [3.63, 3.8) is 0 Å². The summed E-state index contributed by atoms with van der Waals surface area (Å²) in [6.07, 6.45) is 0.963. The average molecular weight is 228 g/mol. The summed E-state index contributed by atoms with van der Waals surface area (Å²) in [5, 5.41) is 3.20. The second-order valence-corrected chi connectivity index (χ2v) is 3.89. The minimum atomic E-state index is 0.481. The molecule has 0 amide bonds. The van der Waals surface area contributed by atoms with Crippen LogP contribution in [-0.2, 0) is 6.42 Å². The van der Waals surface area contributed by atoms with E-state index in [1.165, 1.54) is 5.56 Å². The summed E-state index contributed by atoms with van der Waals surface area (Å²) in [5.41, 5.74) is 8.81. The number of nitrogen functional groups attached to an aromatic ring is 1. The lowest BCUT2D eigenvalue weighted by Gasteiger charge is -2.10. The van der Waals surface area contributed by atoms with Crippen LogP contribution < -0.4 is 11.1 Å². The van der Waals surface area contributed by atoms with E-state index in [1.807, 2.05) is 25.1 Å². The monoisotopic (exact) mass is 228 g/mol. The molecule has 0 atom stereocenters. The number of nitrogens with two attached hydrogens (primary N) is 1. The van der Waals surface area contributed by atoms with Gasteiger partial charge in [0.15, 0.2) is 0 Å². The van der Waals surface area contributed by atoms with Crippen LogP contribution in [0.2, 0.25) is 0 Å². The molecule has 3 N–H and O–H groups in total. The van der Waals surface area contributed by atoms with E-state index >= 15 is 0 Å². The van der Waals surface area contributed by atoms with E-state index in [9.17, 15) is 0 Å². The largest absolute Gasteiger partial charge is 0.384 e. The molecule has 2 rings (SSSR count). The first-order valence-corrected chi connectivity index (χ1v) is 5.65. The summed E-state index contributed by atoms with van der Waals surface area (Å²) in [6, 6.07) is 9.86. The first kappa shape index (κ1) is 11.4. The highest BCUT2D eigenvalue weighted by Crippen LogP contribution is 2.19. The van der Waals surface area contributed by atoms with Gasteiger partial charge in [-0.3, -0.25) is 0 Å². The molecule has 0 saturated heterocycles. The van der Waals surface area contributed by atoms with Gasteiger partial charge in [0, 0.05) is 17.4 Å². The Morgan fingerprint density at radius 1 is 1.24 bits per heavy atom. The second kappa shape index (κ2) is 4.82. The molecule has 1 aromatic carbocycles. The van der Waals surface area contributed by atoms with Gasteiger partial charge in [0.2, 0.25) is 5.95 Å². The number of nitrogens with zero attached hydrogens (tertiary/aromatic N) is 2. The van der Waals surface area contributed by atoms with Crippen molar-refractivity contribution in [2.75, 3.05) is 11.1 Å². The fraction of sp³-hybridized carbons (Fsp3) is 0.231. The third-order valence-electron chi connectivity index (χ3n) is 2.52. The van der Waals surface area contributed by atoms with Gasteiger partial charge in [0.05, 0.1) is 0 Å². The minimum Gasteiger partial charge on any atom is -0.384 e. The van der Waals surface area contributed by atoms with Crippen LogP contribution in [0.15, 0.2) is 30.3 Å². The number of anilines is 3. The third-order valence-corrected chi connectivity index (χ3v) is 2.52. The highest BCUT2D eigenvalue weighted by atomic mass is 15.1. The number of para-hydroxylation sites is 1. The number of aromatic nitrogens is 2. The zero-order valence-electron chi connectivity index (χ0n) is 10.1. The molecule has 0 fully saturated rings. The van der Waals surface area contributed by atoms with Crippen LogP contribution in [0.1, 0.15) is 18.2 Å². The van der Waals surface area contributed by atoms with Crippen LogP contribution in [0.25, 0.3) is 0 Å². The van der Waals surface area contributed by atoms with E-state index in [-0.39, 0.29) is 0 Å². The normalized spacial score (nSPS) is 10.2. The highest BCUT2D eigenvalue weighted by Gasteiger charge is 2.03. The molecule has 1 aromatic heterocycles. The van der Waals surface area contributed by atoms with E-state index in [2.05, 4.69) is 28.3 Å². The lowest BCUT2D eigenvalue weighted by molar-refractivity contribution is 1.10. The Hall–Kier alpha value is -2.10. The van der Waals surface area contributed by atoms with Gasteiger partial charge in [-0.05, 0) is 25.0 Å². The van der Waals surface area contributed by atoms with Crippen molar-refractivity contribution in [1.82, 2.24) is 9.97 Å². The molecule has 0 aliphatic rings. The quantitative estimate of drug-likeness (QED) is 0.847. The van der Waals surface area contributed by atoms with Crippen molar-refractivity contribution in [3.05, 3.63) is 41.6 Å². The van der Waals surface area contributed by atoms with E-state index in [1.54, 1.807) is 6.07 Å². The summed E-state index contributed by atoms with van der Waals surface area (Å²) < 4.78 is 0. The molecule has 88 valence electrons. The van der Waals surface area contributed by atoms with Crippen LogP contribution in [0.3, 0.4) is 0 Å². The van der Waals surface area contributed by atoms with Gasteiger partial charge >= 0.3 is 0 Å². The minimum absolute atomic E-state index is 0.481. The molecule has 0 saturated carbocycles. The number of hydrogen-bond acceptors (Lipinski definition) is 4. The van der Waals surface area contributed by atoms with Gasteiger partial charge in [-0.2, -0.15) is 4.98 Å². The maximum atomic E-state index is 5.69. The molecule has 0 aliphatic carbocycles. The fourth-order valence-corrected chi connectivity index (χ4v) is 1.72. The summed E-state index contributed by atoms with van der Waals surface area (Å²) in [7, 11) is 0. The topological polar surface area (TPSA) is 63.8 Å². The second-order valence-electron chi connectivity index (χ2n) is 3.89. The van der Waals surface area contributed by atoms with E-state index in [0.29, 0.717) is 11.8 Å². The number of rotatable bonds is 3. The average Bonchev–Trinajstić information content (AvgIpc) is 2.28. The maximum absolute atomic E-state index is 5.69. The number of benzene rings is 1. The van der Waals surface area contributed by atoms with Crippen molar-refractivity contribution < 1.29 is 0 Å². The fourth-order valence-electron chi connectivity index (χ4n) is 1.72. The van der Waals surface area contributed by atoms with Gasteiger partial charge < -0.3 is 11.1 Å². The van der Waals surface area contributed by atoms with Crippen molar-refractivity contribution >= 4 is 17.5 Å². The maximum Gasteiger partial charge on any atom is 0.229 e. The molecular weight excluding hydrogens is 212 g/mol. The van der Waals surface area contributed by atoms with E-state index < -0.39 is 0 Å². The zero-order chi connectivity index (χ0) is 12.3. The molecule has 0 spiro atoms. The van der Waals surface area contributed by atoms with Gasteiger partial charge in [-0.25, -0.2) is 4.98 Å². The molecule has 4 nitrogen and oxygen atoms in total. The first-order valence-electron chi connectivity index (χ1n) is 5.65. The molecule has 0 bridgehead atoms. The Bertz CT molecular complexity index is 502. The highest BCUT2D eigenvalue weighted by molar-refractivity contribution is 5.59. The summed E-state index contributed by atoms with van der Waals surface area (Å²) in [4.78, 5) is 8.46. The molecule has 0 radical (unpaired) electrons. The smallest absolute Gasteiger partial charge is 0.229 e. The van der Waals surface area contributed by atoms with Gasteiger partial charge in [0.1, 0.15) is 5.82 Å². The van der Waals surface area contributed by atoms with Gasteiger partial charge in [0.25, 0.3) is 0 Å². The van der Waals surface area contributed by atoms with Crippen molar-refractivity contribution in [2.45, 2.75) is 20.3 Å². The molecule has 17 heavy (non-hydrogen) atoms. The summed E-state index contributed by atoms with van der Waals surface area (Å²) in [6.45, 7) is 4.01. The van der Waals surface area contributed by atoms with Crippen LogP contribution in [0.5, 0.6) is 0 Å². The van der Waals surface area contributed by atoms with Gasteiger partial charge in [-0.15, -0.1) is 0 Å². The van der Waals surface area contributed by atoms with Crippen LogP contribution in [0.4, 0.5) is 17.5 Å². The lowest BCUT2D eigenvalue weighted by atomic mass is 10.1. The molecule has 0 aliphatic heterocycles. The Morgan fingerprint density at radius 3 is 2.71 bits per heavy atom. The molecule has 0 unspecified atom stereocenters. The standard InChI is InChI=1S/C13H16N4/c1-3-10-6-4-5-7-11(10)16-13-15-9(2)8-12(14)17-13/h4-8H,3H2,1-2H3,(H3,14,15,16,17). The zero-order valence-corrected chi connectivity index (χ0v) is 10.1. The SMILES string of the molecule is CCc1ccccc1Nc1nc(C)cc(N)n1. The van der Waals surface area contributed by atoms with Crippen LogP contribution in [-0.4, -0.2) is 9.97 Å². The van der Waals surface area contributed by atoms with Crippen LogP contribution in [0, 0.1) is 6.92 Å². The van der Waals surface area contributed by atoms with Crippen molar-refractivity contribution in [3.8, 4) is 0 Å². The van der Waals surface area contributed by atoms with E-state index in [4.69, 9.17) is 5.73 Å². The predicted octanol–water partition coefficient (Wildman–Crippen LogP) is 2.67. The van der Waals surface area contributed by atoms with Crippen molar-refractivity contribution in [1.29, 1.82) is 0 Å².